The van der Waals surface area contributed by atoms with E-state index in [4.69, 9.17) is 9.47 Å². The second-order valence-corrected chi connectivity index (χ2v) is 13.9. The lowest BCUT2D eigenvalue weighted by molar-refractivity contribution is -0.185. The van der Waals surface area contributed by atoms with E-state index in [-0.39, 0.29) is 25.2 Å². The Bertz CT molecular complexity index is 1310. The summed E-state index contributed by atoms with van der Waals surface area (Å²) >= 11 is 0. The summed E-state index contributed by atoms with van der Waals surface area (Å²) in [5.41, 5.74) is -4.77. The highest BCUT2D eigenvalue weighted by molar-refractivity contribution is 6.04. The van der Waals surface area contributed by atoms with Crippen molar-refractivity contribution in [2.24, 2.45) is 29.1 Å². The van der Waals surface area contributed by atoms with Gasteiger partial charge < -0.3 is 24.8 Å². The number of Topliss-reactive ketones (excluding diaryl/α,β-unsaturated/α-hetero) is 1. The van der Waals surface area contributed by atoms with Crippen LogP contribution in [0.1, 0.15) is 92.4 Å². The summed E-state index contributed by atoms with van der Waals surface area (Å²) in [6.07, 6.45) is 16.1. The van der Waals surface area contributed by atoms with E-state index >= 15 is 0 Å². The van der Waals surface area contributed by atoms with Crippen molar-refractivity contribution in [3.8, 4) is 0 Å². The Morgan fingerprint density at radius 3 is 2.38 bits per heavy atom. The van der Waals surface area contributed by atoms with Gasteiger partial charge in [0.05, 0.1) is 12.2 Å². The van der Waals surface area contributed by atoms with Gasteiger partial charge in [0.25, 0.3) is 0 Å². The molecule has 0 saturated heterocycles. The lowest BCUT2D eigenvalue weighted by atomic mass is 9.60. The zero-order valence-corrected chi connectivity index (χ0v) is 27.3. The molecule has 4 aliphatic rings. The maximum absolute atomic E-state index is 13.2. The molecule has 8 atom stereocenters. The van der Waals surface area contributed by atoms with E-state index < -0.39 is 70.2 Å². The number of carbonyl (C=O) groups excluding carboxylic acids is 4. The number of esters is 2. The van der Waals surface area contributed by atoms with E-state index in [0.29, 0.717) is 17.6 Å². The van der Waals surface area contributed by atoms with Gasteiger partial charge in [0, 0.05) is 49.0 Å². The number of fused-ring (bicyclic) bond motifs is 5. The second-order valence-electron chi connectivity index (χ2n) is 13.9. The van der Waals surface area contributed by atoms with Gasteiger partial charge in [0.15, 0.2) is 11.6 Å². The Morgan fingerprint density at radius 1 is 1.04 bits per heavy atom. The molecule has 4 aliphatic carbocycles. The Labute approximate surface area is 266 Å². The molecule has 2 saturated carbocycles. The molecule has 0 bridgehead atoms. The van der Waals surface area contributed by atoms with Gasteiger partial charge in [-0.2, -0.15) is 0 Å². The van der Waals surface area contributed by atoms with Gasteiger partial charge in [-0.3, -0.25) is 14.4 Å². The minimum atomic E-state index is -1.91. The number of aliphatic hydroxyl groups excluding tert-OH is 1. The van der Waals surface area contributed by atoms with Gasteiger partial charge in [-0.05, 0) is 42.9 Å². The molecule has 0 unspecified atom stereocenters. The number of ether oxygens (including phenoxy) is 2. The zero-order chi connectivity index (χ0) is 33.2. The molecule has 248 valence electrons. The standard InChI is InChI=1S/C36H50O9/c1-6-7-8-9-10-11-14-27(39)15-12-13-16-30(40)45-35-19-24(3)36(43)28(31(35)33(35,5)22-44-25(4)38)18-26(21-37)20-34(42)29(36)17-23(2)32(34)41/h12-13,15-18,24,28-29,31,37,42-43H,6-11,14,19-22H2,1-5H3/t24-,28+,29-,31-,33-,34-,35+,36-/m1/s1. The molecule has 9 nitrogen and oxygen atoms in total. The minimum absolute atomic E-state index is 0.00631. The van der Waals surface area contributed by atoms with Gasteiger partial charge >= 0.3 is 11.9 Å². The van der Waals surface area contributed by atoms with Crippen LogP contribution in [0.25, 0.3) is 0 Å². The first-order valence-corrected chi connectivity index (χ1v) is 16.4. The van der Waals surface area contributed by atoms with Crippen molar-refractivity contribution < 1.29 is 44.0 Å². The fourth-order valence-corrected chi connectivity index (χ4v) is 8.54. The summed E-state index contributed by atoms with van der Waals surface area (Å²) in [5, 5.41) is 34.5. The summed E-state index contributed by atoms with van der Waals surface area (Å²) in [4.78, 5) is 50.5. The van der Waals surface area contributed by atoms with Crippen LogP contribution in [0.15, 0.2) is 47.6 Å². The highest BCUT2D eigenvalue weighted by atomic mass is 16.6. The summed E-state index contributed by atoms with van der Waals surface area (Å²) < 4.78 is 11.6. The van der Waals surface area contributed by atoms with Crippen LogP contribution < -0.4 is 0 Å². The number of aliphatic hydroxyl groups is 3. The monoisotopic (exact) mass is 626 g/mol. The smallest absolute Gasteiger partial charge is 0.331 e. The average Bonchev–Trinajstić information content (AvgIpc) is 3.43. The van der Waals surface area contributed by atoms with Crippen molar-refractivity contribution in [1.29, 1.82) is 0 Å². The van der Waals surface area contributed by atoms with Crippen LogP contribution in [0.3, 0.4) is 0 Å². The number of rotatable bonds is 14. The molecule has 0 aromatic carbocycles. The molecule has 0 radical (unpaired) electrons. The quantitative estimate of drug-likeness (QED) is 0.0834. The summed E-state index contributed by atoms with van der Waals surface area (Å²) in [6.45, 7) is 8.24. The SMILES string of the molecule is CCCCCCCCC(=O)C=CC=CC(=O)O[C@@]12C[C@@H](C)[C@@]3(O)[C@@H](C=C(CO)C[C@]4(O)C(=O)C(C)=C[C@@H]34)[C@@H]1[C@@]2(C)COC(C)=O. The molecule has 0 spiro atoms. The van der Waals surface area contributed by atoms with Crippen molar-refractivity contribution in [1.82, 2.24) is 0 Å². The van der Waals surface area contributed by atoms with E-state index in [1.807, 2.05) is 13.8 Å². The van der Waals surface area contributed by atoms with E-state index in [1.54, 1.807) is 19.1 Å². The third-order valence-corrected chi connectivity index (χ3v) is 10.9. The molecule has 2 fully saturated rings. The summed E-state index contributed by atoms with van der Waals surface area (Å²) in [7, 11) is 0. The van der Waals surface area contributed by atoms with Gasteiger partial charge in [-0.1, -0.05) is 77.2 Å². The molecule has 9 heteroatoms. The lowest BCUT2D eigenvalue weighted by Crippen LogP contribution is -2.61. The Hall–Kier alpha value is -2.88. The summed E-state index contributed by atoms with van der Waals surface area (Å²) in [6, 6.07) is 0. The Kier molecular flexibility index (Phi) is 10.5. The number of allylic oxidation sites excluding steroid dienone is 3. The zero-order valence-electron chi connectivity index (χ0n) is 27.3. The molecular weight excluding hydrogens is 576 g/mol. The van der Waals surface area contributed by atoms with Crippen molar-refractivity contribution in [3.63, 3.8) is 0 Å². The molecule has 0 aliphatic heterocycles. The van der Waals surface area contributed by atoms with Crippen LogP contribution in [0.4, 0.5) is 0 Å². The van der Waals surface area contributed by atoms with Crippen molar-refractivity contribution in [2.75, 3.05) is 13.2 Å². The van der Waals surface area contributed by atoms with E-state index in [0.717, 1.165) is 19.3 Å². The maximum atomic E-state index is 13.2. The van der Waals surface area contributed by atoms with Crippen LogP contribution in [0.2, 0.25) is 0 Å². The third kappa shape index (κ3) is 6.28. The first-order chi connectivity index (χ1) is 21.2. The predicted octanol–water partition coefficient (Wildman–Crippen LogP) is 4.49. The molecule has 4 rings (SSSR count). The molecular formula is C36H50O9. The fourth-order valence-electron chi connectivity index (χ4n) is 8.54. The molecule has 45 heavy (non-hydrogen) atoms. The molecule has 0 aromatic heterocycles. The lowest BCUT2D eigenvalue weighted by Gasteiger charge is -2.50. The van der Waals surface area contributed by atoms with Crippen LogP contribution in [-0.2, 0) is 28.7 Å². The van der Waals surface area contributed by atoms with Crippen molar-refractivity contribution >= 4 is 23.5 Å². The van der Waals surface area contributed by atoms with E-state index in [9.17, 15) is 34.5 Å². The molecule has 0 aromatic rings. The highest BCUT2D eigenvalue weighted by Gasteiger charge is 2.85. The van der Waals surface area contributed by atoms with Crippen LogP contribution in [-0.4, -0.2) is 68.8 Å². The maximum Gasteiger partial charge on any atom is 0.331 e. The second kappa shape index (κ2) is 13.5. The van der Waals surface area contributed by atoms with Crippen LogP contribution in [0, 0.1) is 29.1 Å². The van der Waals surface area contributed by atoms with Crippen LogP contribution in [0.5, 0.6) is 0 Å². The minimum Gasteiger partial charge on any atom is -0.465 e. The molecule has 0 amide bonds. The number of unbranched alkanes of at least 4 members (excludes halogenated alkanes) is 5. The van der Waals surface area contributed by atoms with Crippen molar-refractivity contribution in [2.45, 2.75) is 109 Å². The topological polar surface area (TPSA) is 147 Å². The van der Waals surface area contributed by atoms with E-state index in [2.05, 4.69) is 6.92 Å². The largest absolute Gasteiger partial charge is 0.465 e. The average molecular weight is 627 g/mol. The Balaban J connectivity index is 1.56. The Morgan fingerprint density at radius 2 is 1.71 bits per heavy atom. The van der Waals surface area contributed by atoms with Gasteiger partial charge in [-0.15, -0.1) is 0 Å². The van der Waals surface area contributed by atoms with Crippen LogP contribution >= 0.6 is 0 Å². The van der Waals surface area contributed by atoms with E-state index in [1.165, 1.54) is 50.5 Å². The molecule has 0 heterocycles. The van der Waals surface area contributed by atoms with Gasteiger partial charge in [-0.25, -0.2) is 4.79 Å². The predicted molar refractivity (Wildman–Crippen MR) is 168 cm³/mol. The fraction of sp³-hybridized carbons (Fsp3) is 0.667. The number of hydrogen-bond acceptors (Lipinski definition) is 9. The number of carbonyl (C=O) groups is 4. The number of hydrogen-bond donors (Lipinski definition) is 3. The van der Waals surface area contributed by atoms with Gasteiger partial charge in [0.2, 0.25) is 0 Å². The first-order valence-electron chi connectivity index (χ1n) is 16.4. The normalized spacial score (nSPS) is 36.9. The van der Waals surface area contributed by atoms with Crippen molar-refractivity contribution in [3.05, 3.63) is 47.6 Å². The number of ketones is 2. The molecule has 3 N–H and O–H groups in total. The highest BCUT2D eigenvalue weighted by Crippen LogP contribution is 2.76. The summed E-state index contributed by atoms with van der Waals surface area (Å²) in [5.74, 6) is -4.38. The third-order valence-electron chi connectivity index (χ3n) is 10.9. The first kappa shape index (κ1) is 35.0. The van der Waals surface area contributed by atoms with Gasteiger partial charge in [0.1, 0.15) is 17.8 Å².